The van der Waals surface area contributed by atoms with E-state index in [0.29, 0.717) is 19.1 Å². The molecule has 0 unspecified atom stereocenters. The topological polar surface area (TPSA) is 30.8 Å². The molecule has 1 aliphatic heterocycles. The van der Waals surface area contributed by atoms with Gasteiger partial charge >= 0.3 is 0 Å². The molecule has 3 heteroatoms. The van der Waals surface area contributed by atoms with Gasteiger partial charge in [-0.1, -0.05) is 60.7 Å². The van der Waals surface area contributed by atoms with Crippen LogP contribution in [0.15, 0.2) is 65.7 Å². The van der Waals surface area contributed by atoms with Gasteiger partial charge in [0, 0.05) is 0 Å². The minimum Gasteiger partial charge on any atom is -0.477 e. The van der Waals surface area contributed by atoms with Gasteiger partial charge in [-0.05, 0) is 25.0 Å². The van der Waals surface area contributed by atoms with E-state index >= 15 is 0 Å². The smallest absolute Gasteiger partial charge is 0.210 e. The van der Waals surface area contributed by atoms with E-state index in [9.17, 15) is 0 Å². The summed E-state index contributed by atoms with van der Waals surface area (Å²) >= 11 is 0. The zero-order chi connectivity index (χ0) is 15.4. The number of hydrogen-bond acceptors (Lipinski definition) is 3. The molecule has 0 N–H and O–H groups in total. The lowest BCUT2D eigenvalue weighted by atomic mass is 10.0. The molecule has 2 aromatic carbocycles. The van der Waals surface area contributed by atoms with Crippen molar-refractivity contribution in [2.24, 2.45) is 4.99 Å². The molecule has 114 valence electrons. The summed E-state index contributed by atoms with van der Waals surface area (Å²) in [5, 5.41) is 0. The summed E-state index contributed by atoms with van der Waals surface area (Å²) in [6.07, 6.45) is -0.114. The van der Waals surface area contributed by atoms with Gasteiger partial charge in [-0.2, -0.15) is 0 Å². The van der Waals surface area contributed by atoms with Gasteiger partial charge in [-0.3, -0.25) is 0 Å². The molecule has 0 radical (unpaired) electrons. The third kappa shape index (κ3) is 3.55. The highest BCUT2D eigenvalue weighted by molar-refractivity contribution is 5.79. The number of benzene rings is 2. The second-order valence-corrected chi connectivity index (χ2v) is 6.12. The fourth-order valence-electron chi connectivity index (χ4n) is 2.53. The van der Waals surface area contributed by atoms with Crippen LogP contribution in [0.2, 0.25) is 0 Å². The monoisotopic (exact) mass is 295 g/mol. The Balaban J connectivity index is 1.78. The Morgan fingerprint density at radius 2 is 1.55 bits per heavy atom. The lowest BCUT2D eigenvalue weighted by molar-refractivity contribution is 0.100. The second kappa shape index (κ2) is 6.32. The van der Waals surface area contributed by atoms with E-state index in [4.69, 9.17) is 9.47 Å². The standard InChI is InChI=1S/C19H21NO2/c1-19(2)14-22-17(20-19)13-21-18(15-9-5-3-6-10-15)16-11-7-4-8-12-16/h3-12,18H,13-14H2,1-2H3. The Hall–Kier alpha value is -2.13. The molecule has 3 rings (SSSR count). The Kier molecular flexibility index (Phi) is 4.25. The van der Waals surface area contributed by atoms with Crippen LogP contribution in [0.1, 0.15) is 31.1 Å². The van der Waals surface area contributed by atoms with Crippen molar-refractivity contribution < 1.29 is 9.47 Å². The predicted molar refractivity (Wildman–Crippen MR) is 88.1 cm³/mol. The van der Waals surface area contributed by atoms with Crippen LogP contribution in [0.5, 0.6) is 0 Å². The van der Waals surface area contributed by atoms with Gasteiger partial charge in [0.25, 0.3) is 0 Å². The van der Waals surface area contributed by atoms with Crippen molar-refractivity contribution in [2.45, 2.75) is 25.5 Å². The van der Waals surface area contributed by atoms with Crippen molar-refractivity contribution in [3.8, 4) is 0 Å². The fourth-order valence-corrected chi connectivity index (χ4v) is 2.53. The molecule has 0 saturated heterocycles. The maximum atomic E-state index is 6.14. The number of nitrogens with zero attached hydrogens (tertiary/aromatic N) is 1. The molecular weight excluding hydrogens is 274 g/mol. The molecule has 0 aromatic heterocycles. The highest BCUT2D eigenvalue weighted by Gasteiger charge is 2.27. The molecule has 0 bridgehead atoms. The molecule has 2 aromatic rings. The SMILES string of the molecule is CC1(C)COC(COC(c2ccccc2)c2ccccc2)=N1. The minimum absolute atomic E-state index is 0.114. The first-order valence-electron chi connectivity index (χ1n) is 7.57. The zero-order valence-electron chi connectivity index (χ0n) is 13.0. The average molecular weight is 295 g/mol. The van der Waals surface area contributed by atoms with Gasteiger partial charge in [0.1, 0.15) is 19.3 Å². The van der Waals surface area contributed by atoms with E-state index in [-0.39, 0.29) is 11.6 Å². The number of aliphatic imine (C=N–C) groups is 1. The Morgan fingerprint density at radius 1 is 1.00 bits per heavy atom. The molecule has 0 aliphatic carbocycles. The maximum absolute atomic E-state index is 6.14. The van der Waals surface area contributed by atoms with Gasteiger partial charge in [-0.15, -0.1) is 0 Å². The van der Waals surface area contributed by atoms with Crippen molar-refractivity contribution in [2.75, 3.05) is 13.2 Å². The van der Waals surface area contributed by atoms with Gasteiger partial charge < -0.3 is 9.47 Å². The quantitative estimate of drug-likeness (QED) is 0.834. The number of hydrogen-bond donors (Lipinski definition) is 0. The molecule has 0 atom stereocenters. The van der Waals surface area contributed by atoms with Crippen LogP contribution in [0.25, 0.3) is 0 Å². The number of ether oxygens (including phenoxy) is 2. The van der Waals surface area contributed by atoms with Gasteiger partial charge in [0.2, 0.25) is 5.90 Å². The van der Waals surface area contributed by atoms with Crippen LogP contribution in [-0.2, 0) is 9.47 Å². The number of rotatable bonds is 5. The summed E-state index contributed by atoms with van der Waals surface area (Å²) in [5.41, 5.74) is 2.12. The van der Waals surface area contributed by atoms with Crippen molar-refractivity contribution in [1.29, 1.82) is 0 Å². The van der Waals surface area contributed by atoms with E-state index < -0.39 is 0 Å². The molecule has 22 heavy (non-hydrogen) atoms. The Labute approximate surface area is 131 Å². The first-order chi connectivity index (χ1) is 10.6. The summed E-state index contributed by atoms with van der Waals surface area (Å²) < 4.78 is 11.8. The molecule has 3 nitrogen and oxygen atoms in total. The van der Waals surface area contributed by atoms with Gasteiger partial charge in [0.05, 0.1) is 5.54 Å². The second-order valence-electron chi connectivity index (χ2n) is 6.12. The Bertz CT molecular complexity index is 595. The summed E-state index contributed by atoms with van der Waals surface area (Å²) in [4.78, 5) is 4.55. The van der Waals surface area contributed by atoms with Crippen LogP contribution < -0.4 is 0 Å². The third-order valence-corrected chi connectivity index (χ3v) is 3.60. The summed E-state index contributed by atoms with van der Waals surface area (Å²) in [6, 6.07) is 20.5. The Morgan fingerprint density at radius 3 is 2.00 bits per heavy atom. The van der Waals surface area contributed by atoms with E-state index in [1.54, 1.807) is 0 Å². The first-order valence-corrected chi connectivity index (χ1v) is 7.57. The van der Waals surface area contributed by atoms with Crippen LogP contribution in [0.3, 0.4) is 0 Å². The summed E-state index contributed by atoms with van der Waals surface area (Å²) in [6.45, 7) is 5.13. The largest absolute Gasteiger partial charge is 0.477 e. The van der Waals surface area contributed by atoms with Crippen LogP contribution in [0.4, 0.5) is 0 Å². The van der Waals surface area contributed by atoms with Crippen molar-refractivity contribution in [3.05, 3.63) is 71.8 Å². The van der Waals surface area contributed by atoms with Crippen LogP contribution in [-0.4, -0.2) is 24.7 Å². The molecule has 1 heterocycles. The van der Waals surface area contributed by atoms with E-state index in [2.05, 4.69) is 43.1 Å². The van der Waals surface area contributed by atoms with Crippen molar-refractivity contribution in [1.82, 2.24) is 0 Å². The van der Waals surface area contributed by atoms with E-state index in [1.165, 1.54) is 0 Å². The highest BCUT2D eigenvalue weighted by atomic mass is 16.5. The van der Waals surface area contributed by atoms with Crippen LogP contribution in [0, 0.1) is 0 Å². The van der Waals surface area contributed by atoms with Crippen LogP contribution >= 0.6 is 0 Å². The van der Waals surface area contributed by atoms with E-state index in [1.807, 2.05) is 36.4 Å². The van der Waals surface area contributed by atoms with Crippen molar-refractivity contribution >= 4 is 5.90 Å². The van der Waals surface area contributed by atoms with Crippen molar-refractivity contribution in [3.63, 3.8) is 0 Å². The molecule has 0 saturated carbocycles. The lowest BCUT2D eigenvalue weighted by Crippen LogP contribution is -2.17. The predicted octanol–water partition coefficient (Wildman–Crippen LogP) is 4.00. The molecule has 0 fully saturated rings. The lowest BCUT2D eigenvalue weighted by Gasteiger charge is -2.18. The molecule has 0 spiro atoms. The fraction of sp³-hybridized carbons (Fsp3) is 0.316. The molecule has 1 aliphatic rings. The maximum Gasteiger partial charge on any atom is 0.210 e. The molecule has 0 amide bonds. The van der Waals surface area contributed by atoms with Gasteiger partial charge in [0.15, 0.2) is 0 Å². The van der Waals surface area contributed by atoms with E-state index in [0.717, 1.165) is 11.1 Å². The third-order valence-electron chi connectivity index (χ3n) is 3.60. The average Bonchev–Trinajstić information content (AvgIpc) is 2.89. The molecular formula is C19H21NO2. The summed E-state index contributed by atoms with van der Waals surface area (Å²) in [7, 11) is 0. The van der Waals surface area contributed by atoms with Gasteiger partial charge in [-0.25, -0.2) is 4.99 Å². The normalized spacial score (nSPS) is 16.4. The zero-order valence-corrected chi connectivity index (χ0v) is 13.0. The first kappa shape index (κ1) is 14.8. The highest BCUT2D eigenvalue weighted by Crippen LogP contribution is 2.26. The minimum atomic E-state index is -0.145. The summed E-state index contributed by atoms with van der Waals surface area (Å²) in [5.74, 6) is 0.682.